The lowest BCUT2D eigenvalue weighted by Crippen LogP contribution is -2.51. The van der Waals surface area contributed by atoms with Crippen molar-refractivity contribution in [2.75, 3.05) is 26.8 Å². The molecule has 5 N–H and O–H groups in total. The van der Waals surface area contributed by atoms with Crippen molar-refractivity contribution in [3.05, 3.63) is 0 Å². The van der Waals surface area contributed by atoms with Gasteiger partial charge in [-0.05, 0) is 12.8 Å². The van der Waals surface area contributed by atoms with Crippen molar-refractivity contribution < 1.29 is 14.1 Å². The molecule has 1 amide bonds. The number of methoxy groups -OCH3 is 1. The molecule has 1 rings (SSSR count). The van der Waals surface area contributed by atoms with Gasteiger partial charge in [-0.3, -0.25) is 25.0 Å². The molecule has 0 aliphatic carbocycles. The highest BCUT2D eigenvalue weighted by Gasteiger charge is 2.35. The maximum Gasteiger partial charge on any atom is 0.302 e. The Morgan fingerprint density at radius 3 is 2.88 bits per heavy atom. The molecule has 1 aliphatic heterocycles. The number of nitrogens with two attached hydrogens (primary N) is 2. The highest BCUT2D eigenvalue weighted by atomic mass is 31.2. The molecular formula is C8H19N4O3P. The van der Waals surface area contributed by atoms with Gasteiger partial charge in [0.2, 0.25) is 5.91 Å². The summed E-state index contributed by atoms with van der Waals surface area (Å²) < 4.78 is 17.4. The lowest BCUT2D eigenvalue weighted by Gasteiger charge is -2.34. The average Bonchev–Trinajstić information content (AvgIpc) is 2.19. The zero-order valence-corrected chi connectivity index (χ0v) is 10.3. The van der Waals surface area contributed by atoms with Crippen LogP contribution in [0.4, 0.5) is 0 Å². The van der Waals surface area contributed by atoms with E-state index in [2.05, 4.69) is 5.32 Å². The minimum atomic E-state index is -3.46. The van der Waals surface area contributed by atoms with E-state index in [1.165, 1.54) is 0 Å². The minimum absolute atomic E-state index is 0.282. The van der Waals surface area contributed by atoms with Gasteiger partial charge in [0.15, 0.2) is 0 Å². The number of carbonyl (C=O) groups excluding carboxylic acids is 1. The molecule has 1 aliphatic rings. The molecule has 7 nitrogen and oxygen atoms in total. The van der Waals surface area contributed by atoms with Crippen LogP contribution in [0.25, 0.3) is 0 Å². The second-order valence-corrected chi connectivity index (χ2v) is 5.60. The van der Waals surface area contributed by atoms with Gasteiger partial charge in [0, 0.05) is 20.2 Å². The number of hydrogen-bond donors (Lipinski definition) is 3. The van der Waals surface area contributed by atoms with Crippen molar-refractivity contribution in [2.45, 2.75) is 18.9 Å². The molecule has 0 saturated carbocycles. The SMILES string of the molecule is COCCN[C@H]1CCCN(P(N)(N)=O)C1=O. The topological polar surface area (TPSA) is 111 Å². The second-order valence-electron chi connectivity index (χ2n) is 3.78. The van der Waals surface area contributed by atoms with E-state index in [1.54, 1.807) is 7.11 Å². The third-order valence-corrected chi connectivity index (χ3v) is 3.64. The van der Waals surface area contributed by atoms with Crippen molar-refractivity contribution in [3.8, 4) is 0 Å². The van der Waals surface area contributed by atoms with Crippen molar-refractivity contribution in [2.24, 2.45) is 11.0 Å². The van der Waals surface area contributed by atoms with Gasteiger partial charge in [0.25, 0.3) is 0 Å². The van der Waals surface area contributed by atoms with Gasteiger partial charge >= 0.3 is 7.59 Å². The number of hydrogen-bond acceptors (Lipinski definition) is 4. The first-order valence-corrected chi connectivity index (χ1v) is 6.98. The molecule has 0 aromatic heterocycles. The minimum Gasteiger partial charge on any atom is -0.383 e. The Hall–Kier alpha value is -0.460. The van der Waals surface area contributed by atoms with Crippen LogP contribution in [-0.2, 0) is 14.1 Å². The summed E-state index contributed by atoms with van der Waals surface area (Å²) in [7, 11) is -1.87. The molecule has 0 aromatic rings. The molecule has 1 saturated heterocycles. The summed E-state index contributed by atoms with van der Waals surface area (Å²) >= 11 is 0. The van der Waals surface area contributed by atoms with Crippen LogP contribution in [0, 0.1) is 0 Å². The first-order chi connectivity index (χ1) is 7.46. The fraction of sp³-hybridized carbons (Fsp3) is 0.875. The number of nitrogens with one attached hydrogen (secondary N) is 1. The standard InChI is InChI=1S/C8H19N4O3P/c1-15-6-4-11-7-3-2-5-12(8(7)13)16(9,10)14/h7,11H,2-6H2,1H3,(H4,9,10,14)/t7-/m0/s1. The zero-order chi connectivity index (χ0) is 12.2. The van der Waals surface area contributed by atoms with Crippen molar-refractivity contribution in [3.63, 3.8) is 0 Å². The molecule has 1 fully saturated rings. The molecule has 0 radical (unpaired) electrons. The maximum absolute atomic E-state index is 11.9. The van der Waals surface area contributed by atoms with Crippen LogP contribution in [0.5, 0.6) is 0 Å². The molecule has 8 heteroatoms. The molecule has 0 aromatic carbocycles. The van der Waals surface area contributed by atoms with E-state index in [1.807, 2.05) is 0 Å². The van der Waals surface area contributed by atoms with Crippen LogP contribution in [0.1, 0.15) is 12.8 Å². The van der Waals surface area contributed by atoms with Crippen LogP contribution >= 0.6 is 7.59 Å². The lowest BCUT2D eigenvalue weighted by atomic mass is 10.1. The highest BCUT2D eigenvalue weighted by molar-refractivity contribution is 7.57. The average molecular weight is 250 g/mol. The number of nitrogens with zero attached hydrogens (tertiary/aromatic N) is 1. The maximum atomic E-state index is 11.9. The summed E-state index contributed by atoms with van der Waals surface area (Å²) in [5.41, 5.74) is 10.6. The molecule has 94 valence electrons. The van der Waals surface area contributed by atoms with Gasteiger partial charge in [-0.2, -0.15) is 0 Å². The smallest absolute Gasteiger partial charge is 0.302 e. The number of carbonyl (C=O) groups is 1. The van der Waals surface area contributed by atoms with Crippen LogP contribution < -0.4 is 16.3 Å². The Kier molecular flexibility index (Phi) is 4.89. The summed E-state index contributed by atoms with van der Waals surface area (Å²) in [6, 6.07) is -0.357. The zero-order valence-electron chi connectivity index (χ0n) is 9.39. The van der Waals surface area contributed by atoms with Crippen LogP contribution in [0.15, 0.2) is 0 Å². The summed E-state index contributed by atoms with van der Waals surface area (Å²) in [5, 5.41) is 3.03. The molecular weight excluding hydrogens is 231 g/mol. The Labute approximate surface area is 95.0 Å². The van der Waals surface area contributed by atoms with E-state index in [9.17, 15) is 9.36 Å². The van der Waals surface area contributed by atoms with Crippen LogP contribution in [0.2, 0.25) is 0 Å². The Balaban J connectivity index is 2.54. The van der Waals surface area contributed by atoms with Crippen LogP contribution in [0.3, 0.4) is 0 Å². The number of amides is 1. The van der Waals surface area contributed by atoms with Gasteiger partial charge in [0.1, 0.15) is 0 Å². The van der Waals surface area contributed by atoms with Gasteiger partial charge in [0.05, 0.1) is 12.6 Å². The molecule has 0 spiro atoms. The van der Waals surface area contributed by atoms with E-state index in [0.717, 1.165) is 11.1 Å². The predicted octanol–water partition coefficient (Wildman–Crippen LogP) is -0.761. The fourth-order valence-electron chi connectivity index (χ4n) is 1.69. The third kappa shape index (κ3) is 3.54. The quantitative estimate of drug-likeness (QED) is 0.437. The third-order valence-electron chi connectivity index (χ3n) is 2.49. The summed E-state index contributed by atoms with van der Waals surface area (Å²) in [6.07, 6.45) is 1.45. The van der Waals surface area contributed by atoms with E-state index >= 15 is 0 Å². The molecule has 0 unspecified atom stereocenters. The van der Waals surface area contributed by atoms with Crippen LogP contribution in [-0.4, -0.2) is 43.4 Å². The molecule has 1 atom stereocenters. The van der Waals surface area contributed by atoms with E-state index < -0.39 is 7.59 Å². The Morgan fingerprint density at radius 1 is 1.62 bits per heavy atom. The van der Waals surface area contributed by atoms with Crippen molar-refractivity contribution in [1.82, 2.24) is 9.99 Å². The van der Waals surface area contributed by atoms with Crippen molar-refractivity contribution in [1.29, 1.82) is 0 Å². The summed E-state index contributed by atoms with van der Waals surface area (Å²) in [5.74, 6) is -0.282. The van der Waals surface area contributed by atoms with Crippen molar-refractivity contribution >= 4 is 13.5 Å². The monoisotopic (exact) mass is 250 g/mol. The second kappa shape index (κ2) is 5.75. The van der Waals surface area contributed by atoms with Gasteiger partial charge < -0.3 is 10.1 Å². The molecule has 0 bridgehead atoms. The largest absolute Gasteiger partial charge is 0.383 e. The lowest BCUT2D eigenvalue weighted by molar-refractivity contribution is -0.130. The van der Waals surface area contributed by atoms with Gasteiger partial charge in [-0.25, -0.2) is 0 Å². The molecule has 16 heavy (non-hydrogen) atoms. The van der Waals surface area contributed by atoms with Gasteiger partial charge in [-0.15, -0.1) is 0 Å². The number of piperidine rings is 1. The Bertz CT molecular complexity index is 293. The Morgan fingerprint density at radius 2 is 2.31 bits per heavy atom. The normalized spacial score (nSPS) is 22.6. The molecule has 1 heterocycles. The number of rotatable bonds is 5. The predicted molar refractivity (Wildman–Crippen MR) is 60.6 cm³/mol. The summed E-state index contributed by atoms with van der Waals surface area (Å²) in [4.78, 5) is 11.9. The highest BCUT2D eigenvalue weighted by Crippen LogP contribution is 2.35. The van der Waals surface area contributed by atoms with Gasteiger partial charge in [-0.1, -0.05) is 0 Å². The van der Waals surface area contributed by atoms with E-state index in [4.69, 9.17) is 15.7 Å². The first-order valence-electron chi connectivity index (χ1n) is 5.18. The summed E-state index contributed by atoms with van der Waals surface area (Å²) in [6.45, 7) is 1.46. The van der Waals surface area contributed by atoms with E-state index in [-0.39, 0.29) is 11.9 Å². The number of ether oxygens (including phenoxy) is 1. The first kappa shape index (κ1) is 13.6. The fourth-order valence-corrected chi connectivity index (χ4v) is 2.60. The van der Waals surface area contributed by atoms with E-state index in [0.29, 0.717) is 26.1 Å².